The zero-order valence-electron chi connectivity index (χ0n) is 9.24. The number of nitrogen functional groups attached to an aromatic ring is 1. The first-order chi connectivity index (χ1) is 7.56. The molecule has 5 heteroatoms. The van der Waals surface area contributed by atoms with Crippen molar-refractivity contribution in [2.75, 3.05) is 5.73 Å². The molecule has 1 aromatic carbocycles. The minimum absolute atomic E-state index is 0.289. The Bertz CT molecular complexity index is 519. The van der Waals surface area contributed by atoms with Gasteiger partial charge in [-0.05, 0) is 40.9 Å². The highest BCUT2D eigenvalue weighted by Crippen LogP contribution is 2.15. The number of rotatable bonds is 2. The van der Waals surface area contributed by atoms with Gasteiger partial charge in [-0.2, -0.15) is 4.98 Å². The van der Waals surface area contributed by atoms with Gasteiger partial charge in [0.15, 0.2) is 4.73 Å². The van der Waals surface area contributed by atoms with Crippen LogP contribution in [-0.4, -0.2) is 14.8 Å². The number of aromatic nitrogens is 3. The second-order valence-corrected chi connectivity index (χ2v) is 4.54. The molecule has 0 radical (unpaired) electrons. The molecule has 4 nitrogen and oxygen atoms in total. The Morgan fingerprint density at radius 1 is 1.38 bits per heavy atom. The van der Waals surface area contributed by atoms with Crippen molar-refractivity contribution >= 4 is 21.9 Å². The van der Waals surface area contributed by atoms with Gasteiger partial charge in [0, 0.05) is 0 Å². The molecular weight excluding hydrogens is 268 g/mol. The van der Waals surface area contributed by atoms with Gasteiger partial charge in [-0.1, -0.05) is 23.8 Å². The fraction of sp³-hybridized carbons (Fsp3) is 0.273. The molecule has 0 bridgehead atoms. The van der Waals surface area contributed by atoms with E-state index in [9.17, 15) is 0 Å². The second-order valence-electron chi connectivity index (χ2n) is 3.83. The van der Waals surface area contributed by atoms with Crippen LogP contribution in [0.4, 0.5) is 5.95 Å². The van der Waals surface area contributed by atoms with Gasteiger partial charge < -0.3 is 5.73 Å². The molecule has 0 spiro atoms. The van der Waals surface area contributed by atoms with Crippen LogP contribution >= 0.6 is 15.9 Å². The van der Waals surface area contributed by atoms with Crippen molar-refractivity contribution in [2.45, 2.75) is 20.4 Å². The molecule has 16 heavy (non-hydrogen) atoms. The van der Waals surface area contributed by atoms with E-state index in [1.54, 1.807) is 4.68 Å². The van der Waals surface area contributed by atoms with E-state index >= 15 is 0 Å². The molecule has 0 fully saturated rings. The Morgan fingerprint density at radius 3 is 2.75 bits per heavy atom. The normalized spacial score (nSPS) is 10.7. The molecule has 0 saturated carbocycles. The van der Waals surface area contributed by atoms with Gasteiger partial charge >= 0.3 is 0 Å². The topological polar surface area (TPSA) is 56.7 Å². The summed E-state index contributed by atoms with van der Waals surface area (Å²) in [5.41, 5.74) is 9.24. The standard InChI is InChI=1S/C11H13BrN4/c1-7-3-4-8(2)9(5-7)6-16-10(12)14-11(13)15-16/h3-5H,6H2,1-2H3,(H2,13,15). The van der Waals surface area contributed by atoms with E-state index in [1.165, 1.54) is 16.7 Å². The number of hydrogen-bond acceptors (Lipinski definition) is 3. The maximum Gasteiger partial charge on any atom is 0.240 e. The first-order valence-corrected chi connectivity index (χ1v) is 5.77. The summed E-state index contributed by atoms with van der Waals surface area (Å²) in [6.45, 7) is 4.84. The molecule has 1 heterocycles. The maximum absolute atomic E-state index is 5.53. The predicted molar refractivity (Wildman–Crippen MR) is 67.2 cm³/mol. The molecule has 2 N–H and O–H groups in total. The van der Waals surface area contributed by atoms with Crippen molar-refractivity contribution in [3.63, 3.8) is 0 Å². The molecule has 0 aliphatic carbocycles. The van der Waals surface area contributed by atoms with Crippen molar-refractivity contribution in [1.82, 2.24) is 14.8 Å². The molecule has 0 unspecified atom stereocenters. The molecular formula is C11H13BrN4. The van der Waals surface area contributed by atoms with Crippen molar-refractivity contribution < 1.29 is 0 Å². The van der Waals surface area contributed by atoms with Gasteiger partial charge in [-0.15, -0.1) is 5.10 Å². The largest absolute Gasteiger partial charge is 0.366 e. The van der Waals surface area contributed by atoms with Gasteiger partial charge in [0.25, 0.3) is 0 Å². The predicted octanol–water partition coefficient (Wildman–Crippen LogP) is 2.29. The van der Waals surface area contributed by atoms with Crippen molar-refractivity contribution in [1.29, 1.82) is 0 Å². The average molecular weight is 281 g/mol. The van der Waals surface area contributed by atoms with Gasteiger partial charge in [-0.25, -0.2) is 4.68 Å². The van der Waals surface area contributed by atoms with E-state index in [0.717, 1.165) is 0 Å². The molecule has 0 atom stereocenters. The summed E-state index contributed by atoms with van der Waals surface area (Å²) in [5, 5.41) is 4.11. The first kappa shape index (κ1) is 11.1. The summed E-state index contributed by atoms with van der Waals surface area (Å²) in [4.78, 5) is 4.01. The van der Waals surface area contributed by atoms with E-state index in [0.29, 0.717) is 11.3 Å². The highest BCUT2D eigenvalue weighted by molar-refractivity contribution is 9.10. The third kappa shape index (κ3) is 2.24. The maximum atomic E-state index is 5.53. The number of hydrogen-bond donors (Lipinski definition) is 1. The lowest BCUT2D eigenvalue weighted by atomic mass is 10.1. The van der Waals surface area contributed by atoms with Crippen molar-refractivity contribution in [3.05, 3.63) is 39.6 Å². The Hall–Kier alpha value is -1.36. The van der Waals surface area contributed by atoms with E-state index in [2.05, 4.69) is 58.1 Å². The number of nitrogens with zero attached hydrogens (tertiary/aromatic N) is 3. The molecule has 1 aromatic heterocycles. The van der Waals surface area contributed by atoms with Gasteiger partial charge in [0.1, 0.15) is 0 Å². The minimum Gasteiger partial charge on any atom is -0.366 e. The van der Waals surface area contributed by atoms with Crippen LogP contribution in [0.25, 0.3) is 0 Å². The monoisotopic (exact) mass is 280 g/mol. The number of nitrogens with two attached hydrogens (primary N) is 1. The molecule has 0 saturated heterocycles. The minimum atomic E-state index is 0.289. The lowest BCUT2D eigenvalue weighted by Crippen LogP contribution is -2.04. The number of anilines is 1. The Labute approximate surface area is 103 Å². The highest BCUT2D eigenvalue weighted by Gasteiger charge is 2.06. The van der Waals surface area contributed by atoms with Crippen LogP contribution in [0.2, 0.25) is 0 Å². The summed E-state index contributed by atoms with van der Waals surface area (Å²) >= 11 is 3.33. The Morgan fingerprint density at radius 2 is 2.12 bits per heavy atom. The van der Waals surface area contributed by atoms with E-state index in [1.807, 2.05) is 0 Å². The smallest absolute Gasteiger partial charge is 0.240 e. The quantitative estimate of drug-likeness (QED) is 0.918. The first-order valence-electron chi connectivity index (χ1n) is 4.98. The van der Waals surface area contributed by atoms with Crippen LogP contribution in [0, 0.1) is 13.8 Å². The lowest BCUT2D eigenvalue weighted by Gasteiger charge is -2.07. The van der Waals surface area contributed by atoms with Crippen LogP contribution in [0.3, 0.4) is 0 Å². The van der Waals surface area contributed by atoms with Crippen LogP contribution in [0.15, 0.2) is 22.9 Å². The molecule has 0 aliphatic heterocycles. The molecule has 2 rings (SSSR count). The van der Waals surface area contributed by atoms with Gasteiger partial charge in [0.2, 0.25) is 5.95 Å². The zero-order chi connectivity index (χ0) is 11.7. The summed E-state index contributed by atoms with van der Waals surface area (Å²) in [5.74, 6) is 0.289. The van der Waals surface area contributed by atoms with E-state index in [-0.39, 0.29) is 5.95 Å². The molecule has 0 aliphatic rings. The SMILES string of the molecule is Cc1ccc(C)c(Cn2nc(N)nc2Br)c1. The van der Waals surface area contributed by atoms with Crippen LogP contribution in [-0.2, 0) is 6.54 Å². The van der Waals surface area contributed by atoms with Gasteiger partial charge in [0.05, 0.1) is 6.54 Å². The summed E-state index contributed by atoms with van der Waals surface area (Å²) in [6.07, 6.45) is 0. The molecule has 2 aromatic rings. The fourth-order valence-electron chi connectivity index (χ4n) is 1.57. The lowest BCUT2D eigenvalue weighted by molar-refractivity contribution is 0.667. The Balaban J connectivity index is 2.33. The molecule has 0 amide bonds. The third-order valence-electron chi connectivity index (χ3n) is 2.47. The van der Waals surface area contributed by atoms with Gasteiger partial charge in [-0.3, -0.25) is 0 Å². The van der Waals surface area contributed by atoms with Crippen LogP contribution in [0.5, 0.6) is 0 Å². The fourth-order valence-corrected chi connectivity index (χ4v) is 1.96. The molecule has 84 valence electrons. The van der Waals surface area contributed by atoms with Crippen molar-refractivity contribution in [2.24, 2.45) is 0 Å². The van der Waals surface area contributed by atoms with E-state index < -0.39 is 0 Å². The van der Waals surface area contributed by atoms with E-state index in [4.69, 9.17) is 5.73 Å². The summed E-state index contributed by atoms with van der Waals surface area (Å²) in [7, 11) is 0. The average Bonchev–Trinajstić information content (AvgIpc) is 2.51. The Kier molecular flexibility index (Phi) is 2.96. The second kappa shape index (κ2) is 4.25. The highest BCUT2D eigenvalue weighted by atomic mass is 79.9. The zero-order valence-corrected chi connectivity index (χ0v) is 10.8. The number of benzene rings is 1. The van der Waals surface area contributed by atoms with Crippen molar-refractivity contribution in [3.8, 4) is 0 Å². The number of halogens is 1. The summed E-state index contributed by atoms with van der Waals surface area (Å²) < 4.78 is 2.41. The van der Waals surface area contributed by atoms with Crippen LogP contribution < -0.4 is 5.73 Å². The third-order valence-corrected chi connectivity index (χ3v) is 3.05. The number of aryl methyl sites for hydroxylation is 2. The summed E-state index contributed by atoms with van der Waals surface area (Å²) in [6, 6.07) is 6.36. The van der Waals surface area contributed by atoms with Crippen LogP contribution in [0.1, 0.15) is 16.7 Å².